The lowest BCUT2D eigenvalue weighted by atomic mass is 9.86. The van der Waals surface area contributed by atoms with E-state index in [0.717, 1.165) is 0 Å². The average molecular weight is 579 g/mol. The number of para-hydroxylation sites is 1. The fourth-order valence-corrected chi connectivity index (χ4v) is 5.25. The summed E-state index contributed by atoms with van der Waals surface area (Å²) in [4.78, 5) is 45.8. The average Bonchev–Trinajstić information content (AvgIpc) is 2.91. The Morgan fingerprint density at radius 1 is 1.12 bits per heavy atom. The number of benzene rings is 2. The summed E-state index contributed by atoms with van der Waals surface area (Å²) in [7, 11) is 0. The Morgan fingerprint density at radius 3 is 2.48 bits per heavy atom. The van der Waals surface area contributed by atoms with Gasteiger partial charge in [-0.15, -0.1) is 0 Å². The van der Waals surface area contributed by atoms with Crippen molar-refractivity contribution >= 4 is 23.9 Å². The van der Waals surface area contributed by atoms with Crippen LogP contribution in [0, 0.1) is 0 Å². The molecule has 0 aromatic heterocycles. The van der Waals surface area contributed by atoms with E-state index in [-0.39, 0.29) is 30.7 Å². The molecule has 4 rings (SSSR count). The van der Waals surface area contributed by atoms with Crippen LogP contribution in [0.3, 0.4) is 0 Å². The van der Waals surface area contributed by atoms with Crippen LogP contribution in [0.25, 0.3) is 0 Å². The van der Waals surface area contributed by atoms with Gasteiger partial charge in [-0.2, -0.15) is 0 Å². The van der Waals surface area contributed by atoms with Crippen LogP contribution in [-0.2, 0) is 16.1 Å². The Labute approximate surface area is 247 Å². The maximum Gasteiger partial charge on any atom is 0.414 e. The van der Waals surface area contributed by atoms with E-state index in [1.807, 2.05) is 38.1 Å². The molecule has 42 heavy (non-hydrogen) atoms. The van der Waals surface area contributed by atoms with Gasteiger partial charge in [0.2, 0.25) is 11.9 Å². The largest absolute Gasteiger partial charge is 0.485 e. The highest BCUT2D eigenvalue weighted by atomic mass is 16.6. The summed E-state index contributed by atoms with van der Waals surface area (Å²) in [5, 5.41) is 16.7. The van der Waals surface area contributed by atoms with Crippen molar-refractivity contribution in [3.05, 3.63) is 65.2 Å². The van der Waals surface area contributed by atoms with E-state index in [2.05, 4.69) is 10.6 Å². The predicted octanol–water partition coefficient (Wildman–Crippen LogP) is 4.86. The number of hydrogen-bond acceptors (Lipinski definition) is 7. The lowest BCUT2D eigenvalue weighted by molar-refractivity contribution is -0.130. The number of rotatable bonds is 6. The van der Waals surface area contributed by atoms with Crippen LogP contribution in [0.2, 0.25) is 0 Å². The Hall–Kier alpha value is -3.92. The van der Waals surface area contributed by atoms with Gasteiger partial charge in [-0.3, -0.25) is 19.8 Å². The summed E-state index contributed by atoms with van der Waals surface area (Å²) in [5.41, 5.74) is -0.530. The molecule has 2 aliphatic heterocycles. The zero-order chi connectivity index (χ0) is 30.9. The minimum atomic E-state index is -0.986. The summed E-state index contributed by atoms with van der Waals surface area (Å²) < 4.78 is 11.4. The van der Waals surface area contributed by atoms with E-state index in [4.69, 9.17) is 14.5 Å². The van der Waals surface area contributed by atoms with Gasteiger partial charge in [0, 0.05) is 11.1 Å². The van der Waals surface area contributed by atoms with Crippen molar-refractivity contribution in [2.45, 2.75) is 103 Å². The molecule has 0 unspecified atom stereocenters. The molecule has 0 bridgehead atoms. The van der Waals surface area contributed by atoms with Gasteiger partial charge in [-0.05, 0) is 71.2 Å². The van der Waals surface area contributed by atoms with Crippen LogP contribution in [-0.4, -0.2) is 56.7 Å². The topological polar surface area (TPSA) is 130 Å². The minimum Gasteiger partial charge on any atom is -0.485 e. The van der Waals surface area contributed by atoms with Crippen molar-refractivity contribution in [1.29, 1.82) is 0 Å². The second-order valence-corrected chi connectivity index (χ2v) is 12.5. The molecule has 10 nitrogen and oxygen atoms in total. The van der Waals surface area contributed by atoms with Crippen molar-refractivity contribution in [2.75, 3.05) is 0 Å². The van der Waals surface area contributed by atoms with E-state index in [1.54, 1.807) is 58.9 Å². The van der Waals surface area contributed by atoms with Gasteiger partial charge in [0.05, 0.1) is 24.5 Å². The van der Waals surface area contributed by atoms with Crippen LogP contribution < -0.4 is 15.4 Å². The molecule has 10 heteroatoms. The molecule has 2 aromatic rings. The molecule has 226 valence electrons. The first-order chi connectivity index (χ1) is 19.7. The molecule has 0 spiro atoms. The number of aliphatic imine (C=N–C) groups is 1. The highest BCUT2D eigenvalue weighted by Crippen LogP contribution is 2.39. The summed E-state index contributed by atoms with van der Waals surface area (Å²) in [6.07, 6.45) is -0.211. The second kappa shape index (κ2) is 11.8. The number of alkyl carbamates (subject to hydrolysis) is 1. The molecule has 0 radical (unpaired) electrons. The van der Waals surface area contributed by atoms with Gasteiger partial charge in [-0.25, -0.2) is 9.79 Å². The Morgan fingerprint density at radius 2 is 1.81 bits per heavy atom. The van der Waals surface area contributed by atoms with Crippen LogP contribution in [0.4, 0.5) is 4.79 Å². The molecule has 3 N–H and O–H groups in total. The number of ether oxygens (including phenoxy) is 2. The fourth-order valence-electron chi connectivity index (χ4n) is 5.25. The number of carbonyl (C=O) groups excluding carboxylic acids is 3. The number of aliphatic hydroxyl groups excluding tert-OH is 1. The number of fused-ring (bicyclic) bond motifs is 1. The molecule has 2 atom stereocenters. The summed E-state index contributed by atoms with van der Waals surface area (Å²) in [6, 6.07) is 13.5. The molecule has 0 aliphatic carbocycles. The lowest BCUT2D eigenvalue weighted by Crippen LogP contribution is -2.54. The van der Waals surface area contributed by atoms with Gasteiger partial charge in [0.1, 0.15) is 23.1 Å². The maximum atomic E-state index is 13.5. The number of nitrogens with zero attached hydrogens (tertiary/aromatic N) is 2. The molecular weight excluding hydrogens is 536 g/mol. The van der Waals surface area contributed by atoms with E-state index >= 15 is 0 Å². The van der Waals surface area contributed by atoms with Gasteiger partial charge < -0.3 is 19.9 Å². The van der Waals surface area contributed by atoms with Crippen molar-refractivity contribution in [3.63, 3.8) is 0 Å². The summed E-state index contributed by atoms with van der Waals surface area (Å²) >= 11 is 0. The predicted molar refractivity (Wildman–Crippen MR) is 159 cm³/mol. The van der Waals surface area contributed by atoms with Crippen LogP contribution in [0.5, 0.6) is 5.75 Å². The van der Waals surface area contributed by atoms with Crippen molar-refractivity contribution in [1.82, 2.24) is 15.5 Å². The van der Waals surface area contributed by atoms with Crippen LogP contribution in [0.15, 0.2) is 53.5 Å². The third-order valence-electron chi connectivity index (χ3n) is 7.78. The van der Waals surface area contributed by atoms with Crippen LogP contribution >= 0.6 is 0 Å². The Kier molecular flexibility index (Phi) is 8.68. The lowest BCUT2D eigenvalue weighted by Gasteiger charge is -2.42. The van der Waals surface area contributed by atoms with Crippen molar-refractivity contribution in [3.8, 4) is 5.75 Å². The smallest absolute Gasteiger partial charge is 0.414 e. The highest BCUT2D eigenvalue weighted by Gasteiger charge is 2.44. The second-order valence-electron chi connectivity index (χ2n) is 12.5. The zero-order valence-corrected chi connectivity index (χ0v) is 25.5. The number of hydrogen-bond donors (Lipinski definition) is 3. The SMILES string of the molecule is CCC1(CC)CC(=O)N(Cc2cccc(C(=O)N[C@@H]3c4ccccc4OC(C)(C)[C@H]3O)c2)C(NC(=O)OC(C)(C)C)=N1. The van der Waals surface area contributed by atoms with E-state index in [0.29, 0.717) is 35.3 Å². The standard InChI is InChI=1S/C32H42N4O6/c1-8-32(9-2)18-24(37)36(28(35-32)34-29(40)42-30(3,4)5)19-20-13-12-14-21(17-20)27(39)33-25-22-15-10-11-16-23(22)41-31(6,7)26(25)38/h10-17,25-26,38H,8-9,18-19H2,1-7H3,(H,33,39)(H,34,35,40)/t25-,26+/m1/s1. The number of carbonyl (C=O) groups is 3. The zero-order valence-electron chi connectivity index (χ0n) is 25.5. The molecule has 3 amide bonds. The normalized spacial score (nSPS) is 21.0. The summed E-state index contributed by atoms with van der Waals surface area (Å²) in [6.45, 7) is 12.9. The van der Waals surface area contributed by atoms with E-state index in [1.165, 1.54) is 4.90 Å². The fraction of sp³-hybridized carbons (Fsp3) is 0.500. The molecule has 0 saturated heterocycles. The van der Waals surface area contributed by atoms with E-state index in [9.17, 15) is 19.5 Å². The molecule has 2 aromatic carbocycles. The van der Waals surface area contributed by atoms with Gasteiger partial charge in [0.25, 0.3) is 5.91 Å². The number of amides is 3. The molecule has 0 fully saturated rings. The van der Waals surface area contributed by atoms with Gasteiger partial charge in [-0.1, -0.05) is 44.2 Å². The highest BCUT2D eigenvalue weighted by molar-refractivity contribution is 6.05. The third-order valence-corrected chi connectivity index (χ3v) is 7.78. The summed E-state index contributed by atoms with van der Waals surface area (Å²) in [5.74, 6) is 0.173. The number of guanidine groups is 1. The first-order valence-electron chi connectivity index (χ1n) is 14.4. The monoisotopic (exact) mass is 578 g/mol. The third kappa shape index (κ3) is 6.75. The Balaban J connectivity index is 1.58. The minimum absolute atomic E-state index is 0.0911. The molecule has 2 heterocycles. The van der Waals surface area contributed by atoms with Crippen LogP contribution in [0.1, 0.15) is 95.3 Å². The van der Waals surface area contributed by atoms with Crippen molar-refractivity contribution in [2.24, 2.45) is 4.99 Å². The first-order valence-corrected chi connectivity index (χ1v) is 14.4. The van der Waals surface area contributed by atoms with E-state index < -0.39 is 35.0 Å². The quantitative estimate of drug-likeness (QED) is 0.449. The van der Waals surface area contributed by atoms with Gasteiger partial charge in [0.15, 0.2) is 0 Å². The van der Waals surface area contributed by atoms with Crippen molar-refractivity contribution < 1.29 is 29.0 Å². The molecule has 2 aliphatic rings. The number of nitrogens with one attached hydrogen (secondary N) is 2. The maximum absolute atomic E-state index is 13.5. The first kappa shape index (κ1) is 31.0. The number of aliphatic hydroxyl groups is 1. The van der Waals surface area contributed by atoms with Gasteiger partial charge >= 0.3 is 6.09 Å². The Bertz CT molecular complexity index is 1380. The molecular formula is C32H42N4O6. The molecule has 0 saturated carbocycles.